The second-order valence-electron chi connectivity index (χ2n) is 5.42. The Bertz CT molecular complexity index is 582. The Balaban J connectivity index is 2.75. The van der Waals surface area contributed by atoms with Crippen molar-refractivity contribution < 1.29 is 24.7 Å². The number of carboxylic acid groups (broad SMARTS) is 1. The van der Waals surface area contributed by atoms with Crippen molar-refractivity contribution >= 4 is 23.3 Å². The number of nitro benzene ring substituents is 1. The number of anilines is 1. The molecular formula is C13H16N2O6. The van der Waals surface area contributed by atoms with Crippen molar-refractivity contribution in [3.63, 3.8) is 0 Å². The zero-order chi connectivity index (χ0) is 16.2. The number of aromatic hydroxyl groups is 1. The van der Waals surface area contributed by atoms with E-state index in [-0.39, 0.29) is 24.2 Å². The lowest BCUT2D eigenvalue weighted by molar-refractivity contribution is -0.384. The van der Waals surface area contributed by atoms with Gasteiger partial charge in [-0.2, -0.15) is 0 Å². The number of carbonyl (C=O) groups excluding carboxylic acids is 1. The van der Waals surface area contributed by atoms with Gasteiger partial charge in [-0.25, -0.2) is 0 Å². The second-order valence-corrected chi connectivity index (χ2v) is 5.42. The predicted octanol–water partition coefficient (Wildman–Crippen LogP) is 2.13. The molecule has 1 aromatic rings. The van der Waals surface area contributed by atoms with Crippen LogP contribution in [0.2, 0.25) is 0 Å². The minimum atomic E-state index is -1.01. The highest BCUT2D eigenvalue weighted by molar-refractivity contribution is 5.93. The molecule has 0 saturated carbocycles. The first kappa shape index (κ1) is 16.4. The predicted molar refractivity (Wildman–Crippen MR) is 74.0 cm³/mol. The summed E-state index contributed by atoms with van der Waals surface area (Å²) < 4.78 is 0. The molecule has 0 aliphatic heterocycles. The third-order valence-electron chi connectivity index (χ3n) is 2.74. The number of phenolic OH excluding ortho intramolecular Hbond substituents is 1. The molecule has 21 heavy (non-hydrogen) atoms. The average molecular weight is 296 g/mol. The number of non-ortho nitro benzene ring substituents is 1. The van der Waals surface area contributed by atoms with E-state index in [1.165, 1.54) is 6.07 Å². The molecule has 0 heterocycles. The maximum Gasteiger partial charge on any atom is 0.303 e. The van der Waals surface area contributed by atoms with E-state index in [0.717, 1.165) is 12.1 Å². The molecule has 0 spiro atoms. The van der Waals surface area contributed by atoms with Gasteiger partial charge in [-0.05, 0) is 11.5 Å². The van der Waals surface area contributed by atoms with Gasteiger partial charge >= 0.3 is 5.97 Å². The van der Waals surface area contributed by atoms with Crippen LogP contribution in [0.1, 0.15) is 26.7 Å². The van der Waals surface area contributed by atoms with E-state index in [1.807, 2.05) is 0 Å². The van der Waals surface area contributed by atoms with Crippen LogP contribution < -0.4 is 5.32 Å². The summed E-state index contributed by atoms with van der Waals surface area (Å²) in [5.41, 5.74) is -1.000. The van der Waals surface area contributed by atoms with Gasteiger partial charge in [0, 0.05) is 12.5 Å². The van der Waals surface area contributed by atoms with Crippen LogP contribution in [0.15, 0.2) is 18.2 Å². The molecule has 1 rings (SSSR count). The van der Waals surface area contributed by atoms with Crippen LogP contribution in [-0.4, -0.2) is 27.0 Å². The molecule has 0 bridgehead atoms. The van der Waals surface area contributed by atoms with Crippen LogP contribution in [-0.2, 0) is 9.59 Å². The molecular weight excluding hydrogens is 280 g/mol. The number of carbonyl (C=O) groups is 2. The molecule has 0 saturated heterocycles. The number of benzene rings is 1. The fourth-order valence-electron chi connectivity index (χ4n) is 1.84. The lowest BCUT2D eigenvalue weighted by atomic mass is 9.85. The normalized spacial score (nSPS) is 11.0. The van der Waals surface area contributed by atoms with Crippen molar-refractivity contribution in [2.24, 2.45) is 5.41 Å². The Kier molecular flexibility index (Phi) is 4.85. The fraction of sp³-hybridized carbons (Fsp3) is 0.385. The van der Waals surface area contributed by atoms with Crippen LogP contribution in [0.25, 0.3) is 0 Å². The van der Waals surface area contributed by atoms with Gasteiger partial charge in [0.1, 0.15) is 5.75 Å². The van der Waals surface area contributed by atoms with Gasteiger partial charge in [0.25, 0.3) is 5.69 Å². The summed E-state index contributed by atoms with van der Waals surface area (Å²) in [6.07, 6.45) is -0.234. The highest BCUT2D eigenvalue weighted by Gasteiger charge is 2.25. The fourth-order valence-corrected chi connectivity index (χ4v) is 1.84. The Morgan fingerprint density at radius 3 is 2.43 bits per heavy atom. The monoisotopic (exact) mass is 296 g/mol. The molecule has 3 N–H and O–H groups in total. The number of nitro groups is 1. The van der Waals surface area contributed by atoms with Crippen molar-refractivity contribution in [2.75, 3.05) is 5.32 Å². The lowest BCUT2D eigenvalue weighted by Gasteiger charge is -2.21. The molecule has 8 heteroatoms. The Hall–Kier alpha value is -2.64. The van der Waals surface area contributed by atoms with Gasteiger partial charge in [0.2, 0.25) is 5.91 Å². The van der Waals surface area contributed by atoms with Crippen LogP contribution >= 0.6 is 0 Å². The van der Waals surface area contributed by atoms with Crippen molar-refractivity contribution in [3.8, 4) is 5.75 Å². The standard InChI is InChI=1S/C13H16N2O6/c1-13(2,7-12(18)19)6-11(17)14-9-4-3-8(15(20)21)5-10(9)16/h3-5,16H,6-7H2,1-2H3,(H,14,17)(H,18,19). The Labute approximate surface area is 120 Å². The number of hydrogen-bond acceptors (Lipinski definition) is 5. The molecule has 0 atom stereocenters. The van der Waals surface area contributed by atoms with E-state index in [9.17, 15) is 24.8 Å². The molecule has 0 aromatic heterocycles. The van der Waals surface area contributed by atoms with Crippen molar-refractivity contribution in [1.29, 1.82) is 0 Å². The van der Waals surface area contributed by atoms with Gasteiger partial charge in [-0.1, -0.05) is 13.8 Å². The van der Waals surface area contributed by atoms with Crippen molar-refractivity contribution in [1.82, 2.24) is 0 Å². The first-order valence-corrected chi connectivity index (χ1v) is 6.10. The summed E-state index contributed by atoms with van der Waals surface area (Å²) in [6, 6.07) is 3.30. The van der Waals surface area contributed by atoms with Crippen molar-refractivity contribution in [3.05, 3.63) is 28.3 Å². The molecule has 0 fully saturated rings. The summed E-state index contributed by atoms with van der Waals surface area (Å²) in [5.74, 6) is -1.91. The number of nitrogens with one attached hydrogen (secondary N) is 1. The average Bonchev–Trinajstić information content (AvgIpc) is 2.28. The smallest absolute Gasteiger partial charge is 0.303 e. The van der Waals surface area contributed by atoms with Crippen molar-refractivity contribution in [2.45, 2.75) is 26.7 Å². The largest absolute Gasteiger partial charge is 0.506 e. The SMILES string of the molecule is CC(C)(CC(=O)O)CC(=O)Nc1ccc([N+](=O)[O-])cc1O. The molecule has 0 aliphatic carbocycles. The first-order valence-electron chi connectivity index (χ1n) is 6.10. The van der Waals surface area contributed by atoms with E-state index in [1.54, 1.807) is 13.8 Å². The molecule has 0 aliphatic rings. The zero-order valence-electron chi connectivity index (χ0n) is 11.6. The minimum absolute atomic E-state index is 0.0386. The van der Waals surface area contributed by atoms with Gasteiger partial charge in [0.05, 0.1) is 23.1 Å². The molecule has 8 nitrogen and oxygen atoms in total. The summed E-state index contributed by atoms with van der Waals surface area (Å²) in [4.78, 5) is 32.4. The maximum atomic E-state index is 11.8. The van der Waals surface area contributed by atoms with Crippen LogP contribution in [0.4, 0.5) is 11.4 Å². The summed E-state index contributed by atoms with van der Waals surface area (Å²) in [5, 5.41) is 31.3. The molecule has 0 radical (unpaired) electrons. The van der Waals surface area contributed by atoms with E-state index in [0.29, 0.717) is 0 Å². The minimum Gasteiger partial charge on any atom is -0.506 e. The molecule has 1 amide bonds. The third-order valence-corrected chi connectivity index (χ3v) is 2.74. The number of nitrogens with zero attached hydrogens (tertiary/aromatic N) is 1. The molecule has 114 valence electrons. The topological polar surface area (TPSA) is 130 Å². The second kappa shape index (κ2) is 6.21. The number of rotatable bonds is 6. The molecule has 0 unspecified atom stereocenters. The van der Waals surface area contributed by atoms with Crippen LogP contribution in [0, 0.1) is 15.5 Å². The number of carboxylic acids is 1. The Morgan fingerprint density at radius 1 is 1.33 bits per heavy atom. The number of phenols is 1. The van der Waals surface area contributed by atoms with Gasteiger partial charge in [-0.3, -0.25) is 19.7 Å². The summed E-state index contributed by atoms with van der Waals surface area (Å²) >= 11 is 0. The number of aliphatic carboxylic acids is 1. The number of amides is 1. The highest BCUT2D eigenvalue weighted by atomic mass is 16.6. The quantitative estimate of drug-likeness (QED) is 0.419. The lowest BCUT2D eigenvalue weighted by Crippen LogP contribution is -2.24. The van der Waals surface area contributed by atoms with Crippen LogP contribution in [0.5, 0.6) is 5.75 Å². The number of hydrogen-bond donors (Lipinski definition) is 3. The highest BCUT2D eigenvalue weighted by Crippen LogP contribution is 2.30. The van der Waals surface area contributed by atoms with E-state index in [4.69, 9.17) is 5.11 Å². The third kappa shape index (κ3) is 5.09. The van der Waals surface area contributed by atoms with E-state index < -0.39 is 28.0 Å². The van der Waals surface area contributed by atoms with E-state index in [2.05, 4.69) is 5.32 Å². The van der Waals surface area contributed by atoms with Gasteiger partial charge in [-0.15, -0.1) is 0 Å². The zero-order valence-corrected chi connectivity index (χ0v) is 11.6. The first-order chi connectivity index (χ1) is 9.60. The Morgan fingerprint density at radius 2 is 1.95 bits per heavy atom. The summed E-state index contributed by atoms with van der Waals surface area (Å²) in [6.45, 7) is 3.27. The molecule has 1 aromatic carbocycles. The summed E-state index contributed by atoms with van der Waals surface area (Å²) in [7, 11) is 0. The van der Waals surface area contributed by atoms with Gasteiger partial charge < -0.3 is 15.5 Å². The van der Waals surface area contributed by atoms with Gasteiger partial charge in [0.15, 0.2) is 0 Å². The van der Waals surface area contributed by atoms with E-state index >= 15 is 0 Å². The van der Waals surface area contributed by atoms with Crippen LogP contribution in [0.3, 0.4) is 0 Å². The maximum absolute atomic E-state index is 11.8.